The first kappa shape index (κ1) is 17.7. The molecule has 2 unspecified atom stereocenters. The lowest BCUT2D eigenvalue weighted by molar-refractivity contribution is -0.122. The van der Waals surface area contributed by atoms with Gasteiger partial charge >= 0.3 is 0 Å². The van der Waals surface area contributed by atoms with Gasteiger partial charge in [-0.15, -0.1) is 0 Å². The molecule has 1 amide bonds. The van der Waals surface area contributed by atoms with Crippen LogP contribution in [0.1, 0.15) is 58.3 Å². The van der Waals surface area contributed by atoms with Crippen LogP contribution in [-0.2, 0) is 4.79 Å². The molecule has 2 heterocycles. The quantitative estimate of drug-likeness (QED) is 0.710. The molecule has 0 aromatic heterocycles. The highest BCUT2D eigenvalue weighted by Gasteiger charge is 2.21. The van der Waals surface area contributed by atoms with Gasteiger partial charge in [-0.25, -0.2) is 0 Å². The number of piperidine rings is 1. The summed E-state index contributed by atoms with van der Waals surface area (Å²) in [6, 6.07) is 0. The van der Waals surface area contributed by atoms with Crippen molar-refractivity contribution in [3.05, 3.63) is 0 Å². The largest absolute Gasteiger partial charge is 0.356 e. The molecule has 2 rings (SSSR count). The first-order valence-electron chi connectivity index (χ1n) is 9.45. The van der Waals surface area contributed by atoms with E-state index in [-0.39, 0.29) is 5.91 Å². The first-order chi connectivity index (χ1) is 10.8. The molecule has 0 aliphatic carbocycles. The lowest BCUT2D eigenvalue weighted by Gasteiger charge is -2.28. The van der Waals surface area contributed by atoms with E-state index in [0.717, 1.165) is 32.6 Å². The molecule has 2 saturated heterocycles. The minimum absolute atomic E-state index is 0.244. The zero-order valence-electron chi connectivity index (χ0n) is 14.4. The van der Waals surface area contributed by atoms with E-state index in [0.29, 0.717) is 18.3 Å². The normalized spacial score (nSPS) is 25.4. The zero-order valence-corrected chi connectivity index (χ0v) is 14.4. The maximum absolute atomic E-state index is 12.1. The van der Waals surface area contributed by atoms with Crippen molar-refractivity contribution in [1.29, 1.82) is 0 Å². The van der Waals surface area contributed by atoms with Crippen LogP contribution in [0.2, 0.25) is 0 Å². The molecule has 4 heteroatoms. The van der Waals surface area contributed by atoms with Gasteiger partial charge in [0.05, 0.1) is 0 Å². The molecule has 2 aliphatic heterocycles. The Hall–Kier alpha value is -0.610. The number of nitrogens with one attached hydrogen (secondary N) is 2. The van der Waals surface area contributed by atoms with Crippen molar-refractivity contribution in [3.8, 4) is 0 Å². The summed E-state index contributed by atoms with van der Waals surface area (Å²) in [7, 11) is 0. The molecule has 0 bridgehead atoms. The number of hydrogen-bond acceptors (Lipinski definition) is 3. The minimum Gasteiger partial charge on any atom is -0.356 e. The number of rotatable bonds is 7. The Morgan fingerprint density at radius 3 is 2.68 bits per heavy atom. The average Bonchev–Trinajstić information content (AvgIpc) is 2.81. The summed E-state index contributed by atoms with van der Waals surface area (Å²) in [4.78, 5) is 14.6. The van der Waals surface area contributed by atoms with Gasteiger partial charge in [-0.05, 0) is 76.7 Å². The van der Waals surface area contributed by atoms with Crippen LogP contribution < -0.4 is 10.6 Å². The molecular formula is C18H35N3O. The van der Waals surface area contributed by atoms with E-state index in [1.165, 1.54) is 51.6 Å². The summed E-state index contributed by atoms with van der Waals surface area (Å²) < 4.78 is 0. The molecule has 2 atom stereocenters. The van der Waals surface area contributed by atoms with Crippen molar-refractivity contribution < 1.29 is 4.79 Å². The van der Waals surface area contributed by atoms with Crippen LogP contribution in [0.4, 0.5) is 0 Å². The predicted molar refractivity (Wildman–Crippen MR) is 91.9 cm³/mol. The molecule has 2 aliphatic rings. The third kappa shape index (κ3) is 6.66. The third-order valence-electron chi connectivity index (χ3n) is 5.32. The van der Waals surface area contributed by atoms with Crippen LogP contribution in [0.25, 0.3) is 0 Å². The molecule has 2 fully saturated rings. The molecule has 0 spiro atoms. The highest BCUT2D eigenvalue weighted by atomic mass is 16.1. The van der Waals surface area contributed by atoms with Crippen LogP contribution in [0.3, 0.4) is 0 Å². The number of carbonyl (C=O) groups excluding carboxylic acids is 1. The molecule has 0 aromatic rings. The Balaban J connectivity index is 1.53. The lowest BCUT2D eigenvalue weighted by Crippen LogP contribution is -2.36. The maximum atomic E-state index is 12.1. The number of carbonyl (C=O) groups is 1. The van der Waals surface area contributed by atoms with Crippen molar-refractivity contribution in [3.63, 3.8) is 0 Å². The monoisotopic (exact) mass is 309 g/mol. The second-order valence-electron chi connectivity index (χ2n) is 7.25. The second-order valence-corrected chi connectivity index (χ2v) is 7.25. The van der Waals surface area contributed by atoms with E-state index < -0.39 is 0 Å². The van der Waals surface area contributed by atoms with Gasteiger partial charge in [-0.2, -0.15) is 0 Å². The third-order valence-corrected chi connectivity index (χ3v) is 5.32. The minimum atomic E-state index is 0.244. The van der Waals surface area contributed by atoms with Gasteiger partial charge in [-0.1, -0.05) is 19.8 Å². The van der Waals surface area contributed by atoms with Gasteiger partial charge in [-0.3, -0.25) is 4.79 Å². The van der Waals surface area contributed by atoms with Crippen LogP contribution in [-0.4, -0.2) is 50.1 Å². The SMILES string of the molecule is CC(CC(=O)NCCCN1CCCCCC1)C1CCCNC1. The number of amides is 1. The summed E-state index contributed by atoms with van der Waals surface area (Å²) in [5, 5.41) is 6.57. The Kier molecular flexibility index (Phi) is 8.24. The summed E-state index contributed by atoms with van der Waals surface area (Å²) in [6.45, 7) is 8.94. The molecule has 0 saturated carbocycles. The van der Waals surface area contributed by atoms with Crippen molar-refractivity contribution in [2.45, 2.75) is 58.3 Å². The van der Waals surface area contributed by atoms with Crippen molar-refractivity contribution >= 4 is 5.91 Å². The number of nitrogens with zero attached hydrogens (tertiary/aromatic N) is 1. The van der Waals surface area contributed by atoms with Gasteiger partial charge in [0.25, 0.3) is 0 Å². The van der Waals surface area contributed by atoms with E-state index in [9.17, 15) is 4.79 Å². The Labute approximate surface area is 136 Å². The average molecular weight is 309 g/mol. The first-order valence-corrected chi connectivity index (χ1v) is 9.45. The van der Waals surface area contributed by atoms with Gasteiger partial charge in [0, 0.05) is 13.0 Å². The molecular weight excluding hydrogens is 274 g/mol. The van der Waals surface area contributed by atoms with Gasteiger partial charge in [0.1, 0.15) is 0 Å². The Morgan fingerprint density at radius 2 is 2.00 bits per heavy atom. The topological polar surface area (TPSA) is 44.4 Å². The number of hydrogen-bond donors (Lipinski definition) is 2. The van der Waals surface area contributed by atoms with Crippen molar-refractivity contribution in [2.24, 2.45) is 11.8 Å². The predicted octanol–water partition coefficient (Wildman–Crippen LogP) is 2.39. The Bertz CT molecular complexity index is 307. The van der Waals surface area contributed by atoms with E-state index in [4.69, 9.17) is 0 Å². The van der Waals surface area contributed by atoms with Crippen LogP contribution >= 0.6 is 0 Å². The van der Waals surface area contributed by atoms with E-state index >= 15 is 0 Å². The fraction of sp³-hybridized carbons (Fsp3) is 0.944. The summed E-state index contributed by atoms with van der Waals surface area (Å²) in [5.74, 6) is 1.42. The van der Waals surface area contributed by atoms with E-state index in [1.54, 1.807) is 0 Å². The van der Waals surface area contributed by atoms with Gasteiger partial charge in [0.15, 0.2) is 0 Å². The van der Waals surface area contributed by atoms with Crippen LogP contribution in [0, 0.1) is 11.8 Å². The summed E-state index contributed by atoms with van der Waals surface area (Å²) in [5.41, 5.74) is 0. The van der Waals surface area contributed by atoms with Gasteiger partial charge in [0.2, 0.25) is 5.91 Å². The summed E-state index contributed by atoms with van der Waals surface area (Å²) in [6.07, 6.45) is 9.78. The highest BCUT2D eigenvalue weighted by molar-refractivity contribution is 5.76. The molecule has 2 N–H and O–H groups in total. The Morgan fingerprint density at radius 1 is 1.23 bits per heavy atom. The standard InChI is InChI=1S/C18H35N3O/c1-16(17-8-6-9-19-15-17)14-18(22)20-10-7-13-21-11-4-2-3-5-12-21/h16-17,19H,2-15H2,1H3,(H,20,22). The van der Waals surface area contributed by atoms with Crippen molar-refractivity contribution in [2.75, 3.05) is 39.3 Å². The molecule has 22 heavy (non-hydrogen) atoms. The molecule has 4 nitrogen and oxygen atoms in total. The van der Waals surface area contributed by atoms with E-state index in [1.807, 2.05) is 0 Å². The lowest BCUT2D eigenvalue weighted by atomic mass is 9.85. The molecule has 0 radical (unpaired) electrons. The van der Waals surface area contributed by atoms with Crippen LogP contribution in [0.5, 0.6) is 0 Å². The van der Waals surface area contributed by atoms with Crippen LogP contribution in [0.15, 0.2) is 0 Å². The van der Waals surface area contributed by atoms with Crippen molar-refractivity contribution in [1.82, 2.24) is 15.5 Å². The fourth-order valence-electron chi connectivity index (χ4n) is 3.79. The second kappa shape index (κ2) is 10.2. The maximum Gasteiger partial charge on any atom is 0.220 e. The van der Waals surface area contributed by atoms with Gasteiger partial charge < -0.3 is 15.5 Å². The molecule has 128 valence electrons. The van der Waals surface area contributed by atoms with E-state index in [2.05, 4.69) is 22.5 Å². The molecule has 0 aromatic carbocycles. The smallest absolute Gasteiger partial charge is 0.220 e. The summed E-state index contributed by atoms with van der Waals surface area (Å²) >= 11 is 0. The fourth-order valence-corrected chi connectivity index (χ4v) is 3.79. The number of likely N-dealkylation sites (tertiary alicyclic amines) is 1. The zero-order chi connectivity index (χ0) is 15.6. The highest BCUT2D eigenvalue weighted by Crippen LogP contribution is 2.22.